The number of amides is 4. The zero-order valence-electron chi connectivity index (χ0n) is 36.4. The quantitative estimate of drug-likeness (QED) is 0.0238. The Balaban J connectivity index is 5.19. The van der Waals surface area contributed by atoms with Crippen LogP contribution < -0.4 is 32.3 Å². The summed E-state index contributed by atoms with van der Waals surface area (Å²) in [5.74, 6) is -8.65. The third-order valence-electron chi connectivity index (χ3n) is 10.2. The third kappa shape index (κ3) is 32.5. The van der Waals surface area contributed by atoms with Crippen molar-refractivity contribution in [2.24, 2.45) is 5.73 Å². The number of guanidine groups is 1. The molecule has 0 aromatic rings. The first-order valence-corrected chi connectivity index (χ1v) is 22.1. The van der Waals surface area contributed by atoms with Gasteiger partial charge in [-0.2, -0.15) is 0 Å². The predicted octanol–water partition coefficient (Wildman–Crippen LogP) is 3.48. The van der Waals surface area contributed by atoms with Gasteiger partial charge in [-0.3, -0.25) is 48.6 Å². The van der Waals surface area contributed by atoms with Crippen molar-refractivity contribution in [2.45, 2.75) is 198 Å². The summed E-state index contributed by atoms with van der Waals surface area (Å²) in [5.41, 5.74) is 5.31. The highest BCUT2D eigenvalue weighted by Crippen LogP contribution is 2.15. The van der Waals surface area contributed by atoms with Crippen molar-refractivity contribution in [1.82, 2.24) is 26.6 Å². The fourth-order valence-corrected chi connectivity index (χ4v) is 6.64. The Kier molecular flexibility index (Phi) is 32.3. The first-order valence-electron chi connectivity index (χ1n) is 22.1. The number of hydrogen-bond donors (Lipinski definition) is 11. The maximum Gasteiger partial charge on any atom is 0.303 e. The van der Waals surface area contributed by atoms with Crippen molar-refractivity contribution in [3.05, 3.63) is 0 Å². The number of unbranched alkanes of at least 4 members (excludes halogenated alkanes) is 15. The zero-order chi connectivity index (χ0) is 46.7. The summed E-state index contributed by atoms with van der Waals surface area (Å²) in [5, 5.41) is 56.1. The van der Waals surface area contributed by atoms with Crippen LogP contribution in [0.2, 0.25) is 0 Å². The van der Waals surface area contributed by atoms with Crippen molar-refractivity contribution in [3.8, 4) is 0 Å². The molecular weight excluding hydrogens is 810 g/mol. The molecule has 4 atom stereocenters. The van der Waals surface area contributed by atoms with Crippen LogP contribution in [-0.2, 0) is 43.2 Å². The summed E-state index contributed by atoms with van der Waals surface area (Å²) < 4.78 is 0. The molecule has 354 valence electrons. The van der Waals surface area contributed by atoms with E-state index < -0.39 is 103 Å². The second kappa shape index (κ2) is 35.3. The van der Waals surface area contributed by atoms with Crippen LogP contribution in [0.15, 0.2) is 0 Å². The van der Waals surface area contributed by atoms with E-state index in [4.69, 9.17) is 21.4 Å². The Morgan fingerprint density at radius 3 is 1.08 bits per heavy atom. The lowest BCUT2D eigenvalue weighted by Crippen LogP contribution is -2.57. The minimum absolute atomic E-state index is 0.0745. The average molecular weight is 884 g/mol. The van der Waals surface area contributed by atoms with Gasteiger partial charge >= 0.3 is 23.9 Å². The summed E-state index contributed by atoms with van der Waals surface area (Å²) in [4.78, 5) is 110. The molecule has 0 radical (unpaired) electrons. The van der Waals surface area contributed by atoms with E-state index >= 15 is 0 Å². The van der Waals surface area contributed by atoms with Crippen LogP contribution in [0.3, 0.4) is 0 Å². The molecule has 0 fully saturated rings. The Hall–Kier alpha value is -5.30. The van der Waals surface area contributed by atoms with E-state index in [1.807, 2.05) is 0 Å². The molecule has 0 bridgehead atoms. The second-order valence-corrected chi connectivity index (χ2v) is 15.7. The number of rotatable bonds is 40. The topological polar surface area (TPSA) is 345 Å². The number of aliphatic carboxylic acids is 4. The standard InChI is InChI=1S/C42H73N7O13/c1-29(50)30(22-25-36(54)55)47-39(60)31(19-18-28-45-42(43)44)48-41(62)33(24-27-38(58)59)49-40(61)32(23-26-37(56)57)46-34(51)20-16-14-12-10-8-6-4-2-3-5-7-9-11-13-15-17-21-35(52)53/h30-33H,2-28H2,1H3,(H,46,51)(H,47,60)(H,48,62)(H,49,61)(H,52,53)(H,54,55)(H,56,57)(H,58,59)(H4,43,44,45)/t30-,31-,32-,33-/m0/s1. The smallest absolute Gasteiger partial charge is 0.303 e. The molecule has 0 saturated carbocycles. The summed E-state index contributed by atoms with van der Waals surface area (Å²) in [7, 11) is 0. The number of nitrogens with one attached hydrogen (secondary N) is 6. The van der Waals surface area contributed by atoms with Crippen LogP contribution in [0.25, 0.3) is 0 Å². The third-order valence-corrected chi connectivity index (χ3v) is 10.2. The van der Waals surface area contributed by atoms with Crippen molar-refractivity contribution in [2.75, 3.05) is 6.54 Å². The van der Waals surface area contributed by atoms with Gasteiger partial charge in [0, 0.05) is 38.6 Å². The van der Waals surface area contributed by atoms with Gasteiger partial charge in [-0.1, -0.05) is 89.9 Å². The molecule has 0 aromatic carbocycles. The van der Waals surface area contributed by atoms with Gasteiger partial charge in [0.2, 0.25) is 23.6 Å². The maximum absolute atomic E-state index is 13.6. The van der Waals surface area contributed by atoms with E-state index in [2.05, 4.69) is 26.6 Å². The monoisotopic (exact) mass is 884 g/mol. The van der Waals surface area contributed by atoms with Crippen molar-refractivity contribution < 1.29 is 63.6 Å². The minimum Gasteiger partial charge on any atom is -0.481 e. The molecule has 0 aliphatic rings. The molecule has 20 heteroatoms. The van der Waals surface area contributed by atoms with Gasteiger partial charge in [-0.05, 0) is 51.9 Å². The molecule has 0 saturated heterocycles. The fourth-order valence-electron chi connectivity index (χ4n) is 6.64. The van der Waals surface area contributed by atoms with Crippen LogP contribution in [0.5, 0.6) is 0 Å². The van der Waals surface area contributed by atoms with Crippen LogP contribution in [0.1, 0.15) is 174 Å². The Morgan fingerprint density at radius 2 is 0.726 bits per heavy atom. The van der Waals surface area contributed by atoms with Gasteiger partial charge in [0.1, 0.15) is 18.1 Å². The predicted molar refractivity (Wildman–Crippen MR) is 229 cm³/mol. The number of Topliss-reactive ketones (excluding diaryl/α,β-unsaturated/α-hetero) is 1. The van der Waals surface area contributed by atoms with Crippen molar-refractivity contribution >= 4 is 59.2 Å². The van der Waals surface area contributed by atoms with Gasteiger partial charge < -0.3 is 52.7 Å². The number of carboxylic acid groups (broad SMARTS) is 4. The molecule has 62 heavy (non-hydrogen) atoms. The average Bonchev–Trinajstić information content (AvgIpc) is 3.19. The molecule has 0 aliphatic carbocycles. The molecule has 0 heterocycles. The molecule has 0 aromatic heterocycles. The largest absolute Gasteiger partial charge is 0.481 e. The molecule has 0 spiro atoms. The van der Waals surface area contributed by atoms with Crippen molar-refractivity contribution in [3.63, 3.8) is 0 Å². The van der Waals surface area contributed by atoms with Gasteiger partial charge in [-0.15, -0.1) is 0 Å². The number of ketones is 1. The van der Waals surface area contributed by atoms with Gasteiger partial charge in [0.25, 0.3) is 0 Å². The molecule has 4 amide bonds. The lowest BCUT2D eigenvalue weighted by atomic mass is 10.0. The zero-order valence-corrected chi connectivity index (χ0v) is 36.4. The van der Waals surface area contributed by atoms with Crippen LogP contribution >= 0.6 is 0 Å². The van der Waals surface area contributed by atoms with E-state index in [0.29, 0.717) is 6.42 Å². The van der Waals surface area contributed by atoms with Crippen LogP contribution in [-0.4, -0.2) is 110 Å². The van der Waals surface area contributed by atoms with E-state index in [1.165, 1.54) is 38.5 Å². The summed E-state index contributed by atoms with van der Waals surface area (Å²) in [6.45, 7) is 1.26. The lowest BCUT2D eigenvalue weighted by Gasteiger charge is -2.26. The molecule has 0 unspecified atom stereocenters. The van der Waals surface area contributed by atoms with Crippen molar-refractivity contribution in [1.29, 1.82) is 5.41 Å². The van der Waals surface area contributed by atoms with Crippen LogP contribution in [0, 0.1) is 5.41 Å². The Bertz CT molecular complexity index is 1430. The first kappa shape index (κ1) is 56.7. The molecule has 0 aliphatic heterocycles. The highest BCUT2D eigenvalue weighted by molar-refractivity contribution is 5.96. The summed E-state index contributed by atoms with van der Waals surface area (Å²) in [6.07, 6.45) is 14.5. The molecule has 12 N–H and O–H groups in total. The van der Waals surface area contributed by atoms with Crippen LogP contribution in [0.4, 0.5) is 0 Å². The summed E-state index contributed by atoms with van der Waals surface area (Å²) >= 11 is 0. The highest BCUT2D eigenvalue weighted by atomic mass is 16.4. The fraction of sp³-hybridized carbons (Fsp3) is 0.762. The molecule has 20 nitrogen and oxygen atoms in total. The van der Waals surface area contributed by atoms with Gasteiger partial charge in [0.05, 0.1) is 6.04 Å². The number of nitrogens with two attached hydrogens (primary N) is 1. The number of hydrogen-bond acceptors (Lipinski definition) is 10. The maximum atomic E-state index is 13.6. The molecular formula is C42H73N7O13. The van der Waals surface area contributed by atoms with E-state index in [0.717, 1.165) is 64.7 Å². The van der Waals surface area contributed by atoms with E-state index in [-0.39, 0.29) is 51.0 Å². The SMILES string of the molecule is CC(=O)[C@H](CCC(=O)O)NC(=O)[C@H](CCCNC(=N)N)NC(=O)[C@H](CCC(=O)O)NC(=O)[C@H](CCC(=O)O)NC(=O)CCCCCCCCCCCCCCCCCCC(=O)O. The lowest BCUT2D eigenvalue weighted by molar-refractivity contribution is -0.140. The number of carboxylic acids is 4. The van der Waals surface area contributed by atoms with E-state index in [1.54, 1.807) is 0 Å². The van der Waals surface area contributed by atoms with Gasteiger partial charge in [0.15, 0.2) is 11.7 Å². The normalized spacial score (nSPS) is 12.8. The first-order chi connectivity index (χ1) is 29.4. The minimum atomic E-state index is -1.55. The van der Waals surface area contributed by atoms with E-state index in [9.17, 15) is 53.4 Å². The molecule has 0 rings (SSSR count). The Morgan fingerprint density at radius 1 is 0.419 bits per heavy atom. The number of carbonyl (C=O) groups excluding carboxylic acids is 5. The Labute approximate surface area is 364 Å². The van der Waals surface area contributed by atoms with Gasteiger partial charge in [-0.25, -0.2) is 0 Å². The summed E-state index contributed by atoms with van der Waals surface area (Å²) in [6, 6.07) is -5.49. The second-order valence-electron chi connectivity index (χ2n) is 15.7. The highest BCUT2D eigenvalue weighted by Gasteiger charge is 2.31. The number of carbonyl (C=O) groups is 9.